The molecular weight excluding hydrogens is 311 g/mol. The molecular formula is C11H6Cl2N2O3S. The van der Waals surface area contributed by atoms with Crippen molar-refractivity contribution in [2.45, 2.75) is 0 Å². The molecule has 5 nitrogen and oxygen atoms in total. The molecule has 0 saturated carbocycles. The average molecular weight is 317 g/mol. The van der Waals surface area contributed by atoms with Gasteiger partial charge in [0, 0.05) is 22.5 Å². The molecule has 0 aliphatic carbocycles. The van der Waals surface area contributed by atoms with Gasteiger partial charge in [0.1, 0.15) is 5.02 Å². The summed E-state index contributed by atoms with van der Waals surface area (Å²) in [6, 6.07) is 5.81. The van der Waals surface area contributed by atoms with Crippen LogP contribution in [0.5, 0.6) is 0 Å². The predicted molar refractivity (Wildman–Crippen MR) is 75.9 cm³/mol. The van der Waals surface area contributed by atoms with E-state index in [1.165, 1.54) is 29.8 Å². The third-order valence-corrected chi connectivity index (χ3v) is 3.65. The van der Waals surface area contributed by atoms with Crippen molar-refractivity contribution in [1.82, 2.24) is 0 Å². The smallest absolute Gasteiger partial charge is 0.324 e. The number of benzene rings is 1. The van der Waals surface area contributed by atoms with Crippen molar-refractivity contribution in [3.05, 3.63) is 60.6 Å². The summed E-state index contributed by atoms with van der Waals surface area (Å²) in [6.45, 7) is 0. The number of nitrogens with zero attached hydrogens (tertiary/aromatic N) is 2. The van der Waals surface area contributed by atoms with E-state index in [1.54, 1.807) is 6.07 Å². The molecule has 0 radical (unpaired) electrons. The molecule has 19 heavy (non-hydrogen) atoms. The van der Waals surface area contributed by atoms with E-state index in [0.29, 0.717) is 15.3 Å². The van der Waals surface area contributed by atoms with Crippen molar-refractivity contribution in [1.29, 1.82) is 0 Å². The lowest BCUT2D eigenvalue weighted by molar-refractivity contribution is -0.380. The van der Waals surface area contributed by atoms with Crippen LogP contribution in [0.4, 0.5) is 10.7 Å². The standard InChI is InChI=1S/C11H6Cl2N2O3S/c12-8-1-2-9(13)10(4-8)14(16)5-7-3-11(15(17)18)19-6-7/h1-6H. The summed E-state index contributed by atoms with van der Waals surface area (Å²) in [5, 5.41) is 24.6. The van der Waals surface area contributed by atoms with E-state index in [9.17, 15) is 15.3 Å². The first-order chi connectivity index (χ1) is 8.97. The quantitative estimate of drug-likeness (QED) is 0.280. The van der Waals surface area contributed by atoms with Crippen LogP contribution in [0, 0.1) is 15.3 Å². The van der Waals surface area contributed by atoms with Crippen LogP contribution in [0.1, 0.15) is 5.56 Å². The molecule has 0 fully saturated rings. The summed E-state index contributed by atoms with van der Waals surface area (Å²) in [7, 11) is 0. The summed E-state index contributed by atoms with van der Waals surface area (Å²) < 4.78 is 0.528. The van der Waals surface area contributed by atoms with Gasteiger partial charge in [0.15, 0.2) is 6.21 Å². The Morgan fingerprint density at radius 2 is 1.95 bits per heavy atom. The van der Waals surface area contributed by atoms with Gasteiger partial charge < -0.3 is 5.21 Å². The zero-order valence-corrected chi connectivity index (χ0v) is 11.6. The van der Waals surface area contributed by atoms with E-state index < -0.39 is 4.92 Å². The van der Waals surface area contributed by atoms with Crippen LogP contribution in [0.25, 0.3) is 0 Å². The molecule has 1 aromatic heterocycles. The highest BCUT2D eigenvalue weighted by Gasteiger charge is 2.13. The number of halogens is 2. The van der Waals surface area contributed by atoms with E-state index in [0.717, 1.165) is 11.3 Å². The Labute approximate surface area is 122 Å². The third-order valence-electron chi connectivity index (χ3n) is 2.20. The van der Waals surface area contributed by atoms with Gasteiger partial charge >= 0.3 is 5.00 Å². The van der Waals surface area contributed by atoms with Gasteiger partial charge in [-0.1, -0.05) is 34.5 Å². The van der Waals surface area contributed by atoms with Gasteiger partial charge in [0.25, 0.3) is 0 Å². The second-order valence-electron chi connectivity index (χ2n) is 3.53. The Bertz CT molecular complexity index is 670. The van der Waals surface area contributed by atoms with E-state index in [-0.39, 0.29) is 15.7 Å². The van der Waals surface area contributed by atoms with Crippen molar-refractivity contribution in [3.63, 3.8) is 0 Å². The molecule has 2 rings (SSSR count). The van der Waals surface area contributed by atoms with Crippen LogP contribution in [-0.4, -0.2) is 15.9 Å². The number of thiophene rings is 1. The van der Waals surface area contributed by atoms with Crippen molar-refractivity contribution < 1.29 is 9.66 Å². The Morgan fingerprint density at radius 3 is 2.58 bits per heavy atom. The average Bonchev–Trinajstić information content (AvgIpc) is 2.80. The van der Waals surface area contributed by atoms with Crippen molar-refractivity contribution in [2.75, 3.05) is 0 Å². The summed E-state index contributed by atoms with van der Waals surface area (Å²) in [5.74, 6) is 0. The number of hydrogen-bond acceptors (Lipinski definition) is 4. The molecule has 0 aliphatic rings. The first kappa shape index (κ1) is 13.8. The van der Waals surface area contributed by atoms with Crippen molar-refractivity contribution in [3.8, 4) is 0 Å². The first-order valence-electron chi connectivity index (χ1n) is 4.96. The van der Waals surface area contributed by atoms with Crippen molar-refractivity contribution in [2.24, 2.45) is 0 Å². The van der Waals surface area contributed by atoms with Gasteiger partial charge in [-0.05, 0) is 12.1 Å². The lowest BCUT2D eigenvalue weighted by atomic mass is 10.3. The second kappa shape index (κ2) is 5.56. The fourth-order valence-electron chi connectivity index (χ4n) is 1.36. The van der Waals surface area contributed by atoms with Crippen LogP contribution in [-0.2, 0) is 0 Å². The third kappa shape index (κ3) is 3.23. The number of hydrogen-bond donors (Lipinski definition) is 0. The van der Waals surface area contributed by atoms with Gasteiger partial charge in [-0.15, -0.1) is 0 Å². The molecule has 1 heterocycles. The van der Waals surface area contributed by atoms with Crippen LogP contribution < -0.4 is 0 Å². The monoisotopic (exact) mass is 316 g/mol. The molecule has 8 heteroatoms. The van der Waals surface area contributed by atoms with E-state index >= 15 is 0 Å². The molecule has 0 amide bonds. The normalized spacial score (nSPS) is 11.6. The Hall–Kier alpha value is -1.63. The van der Waals surface area contributed by atoms with Crippen LogP contribution in [0.15, 0.2) is 29.6 Å². The number of nitro groups is 1. The summed E-state index contributed by atoms with van der Waals surface area (Å²) in [6.07, 6.45) is 1.21. The zero-order valence-electron chi connectivity index (χ0n) is 9.25. The first-order valence-corrected chi connectivity index (χ1v) is 6.60. The van der Waals surface area contributed by atoms with Crippen LogP contribution in [0.2, 0.25) is 10.0 Å². The second-order valence-corrected chi connectivity index (χ2v) is 5.26. The Kier molecular flexibility index (Phi) is 4.04. The highest BCUT2D eigenvalue weighted by Crippen LogP contribution is 2.28. The predicted octanol–water partition coefficient (Wildman–Crippen LogP) is 4.22. The summed E-state index contributed by atoms with van der Waals surface area (Å²) >= 11 is 12.6. The Balaban J connectivity index is 2.36. The topological polar surface area (TPSA) is 69.2 Å². The van der Waals surface area contributed by atoms with Gasteiger partial charge in [0.2, 0.25) is 5.69 Å². The van der Waals surface area contributed by atoms with Gasteiger partial charge in [-0.3, -0.25) is 10.1 Å². The maximum atomic E-state index is 11.9. The van der Waals surface area contributed by atoms with Gasteiger partial charge in [-0.2, -0.15) is 4.74 Å². The molecule has 0 aliphatic heterocycles. The van der Waals surface area contributed by atoms with Gasteiger partial charge in [-0.25, -0.2) is 0 Å². The van der Waals surface area contributed by atoms with Crippen LogP contribution >= 0.6 is 34.5 Å². The molecule has 98 valence electrons. The zero-order chi connectivity index (χ0) is 14.0. The van der Waals surface area contributed by atoms with E-state index in [1.807, 2.05) is 0 Å². The molecule has 0 spiro atoms. The van der Waals surface area contributed by atoms with Crippen LogP contribution in [0.3, 0.4) is 0 Å². The maximum Gasteiger partial charge on any atom is 0.324 e. The van der Waals surface area contributed by atoms with E-state index in [2.05, 4.69) is 0 Å². The minimum atomic E-state index is -0.510. The largest absolute Gasteiger partial charge is 0.618 e. The lowest BCUT2D eigenvalue weighted by Gasteiger charge is -2.04. The summed E-state index contributed by atoms with van der Waals surface area (Å²) in [4.78, 5) is 10.0. The molecule has 0 N–H and O–H groups in total. The molecule has 0 unspecified atom stereocenters. The number of rotatable bonds is 3. The fraction of sp³-hybridized carbons (Fsp3) is 0. The summed E-state index contributed by atoms with van der Waals surface area (Å²) in [5.41, 5.74) is 0.616. The molecule has 0 saturated heterocycles. The molecule has 2 aromatic rings. The maximum absolute atomic E-state index is 11.9. The molecule has 1 aromatic carbocycles. The highest BCUT2D eigenvalue weighted by atomic mass is 35.5. The van der Waals surface area contributed by atoms with E-state index in [4.69, 9.17) is 23.2 Å². The van der Waals surface area contributed by atoms with Gasteiger partial charge in [0.05, 0.1) is 10.5 Å². The lowest BCUT2D eigenvalue weighted by Crippen LogP contribution is -1.98. The molecule has 0 bridgehead atoms. The minimum Gasteiger partial charge on any atom is -0.618 e. The Morgan fingerprint density at radius 1 is 1.21 bits per heavy atom. The SMILES string of the molecule is O=[N+]([O-])c1cc(C=[N+]([O-])c2cc(Cl)ccc2Cl)cs1. The van der Waals surface area contributed by atoms with Crippen molar-refractivity contribution >= 4 is 51.4 Å². The fourth-order valence-corrected chi connectivity index (χ4v) is 2.41. The molecule has 0 atom stereocenters. The highest BCUT2D eigenvalue weighted by molar-refractivity contribution is 7.13. The minimum absolute atomic E-state index is 0.0307.